The Morgan fingerprint density at radius 1 is 1.18 bits per heavy atom. The zero-order valence-corrected chi connectivity index (χ0v) is 8.65. The van der Waals surface area contributed by atoms with Crippen molar-refractivity contribution in [3.8, 4) is 0 Å². The Balaban J connectivity index is 4.13. The van der Waals surface area contributed by atoms with E-state index in [1.165, 1.54) is 12.8 Å². The molecule has 1 atom stereocenters. The lowest BCUT2D eigenvalue weighted by atomic mass is 9.88. The first-order valence-corrected chi connectivity index (χ1v) is 4.82. The molecular formula is C11H22. The zero-order valence-electron chi connectivity index (χ0n) is 8.65. The number of rotatable bonds is 4. The lowest BCUT2D eigenvalue weighted by molar-refractivity contribution is 0.469. The van der Waals surface area contributed by atoms with Crippen molar-refractivity contribution in [2.75, 3.05) is 0 Å². The van der Waals surface area contributed by atoms with Gasteiger partial charge in [-0.25, -0.2) is 0 Å². The van der Waals surface area contributed by atoms with Gasteiger partial charge in [0.25, 0.3) is 0 Å². The summed E-state index contributed by atoms with van der Waals surface area (Å²) < 4.78 is 0. The van der Waals surface area contributed by atoms with E-state index in [9.17, 15) is 0 Å². The van der Waals surface area contributed by atoms with Gasteiger partial charge in [-0.05, 0) is 24.7 Å². The monoisotopic (exact) mass is 154 g/mol. The van der Waals surface area contributed by atoms with Gasteiger partial charge in [-0.1, -0.05) is 46.3 Å². The molecule has 0 bridgehead atoms. The maximum Gasteiger partial charge on any atom is -0.0209 e. The third kappa shape index (κ3) is 3.60. The number of hydrogen-bond acceptors (Lipinski definition) is 0. The van der Waals surface area contributed by atoms with Crippen molar-refractivity contribution < 1.29 is 0 Å². The van der Waals surface area contributed by atoms with E-state index in [1.54, 1.807) is 5.57 Å². The second kappa shape index (κ2) is 5.40. The van der Waals surface area contributed by atoms with Crippen molar-refractivity contribution >= 4 is 0 Å². The molecule has 0 aliphatic carbocycles. The Bertz CT molecular complexity index is 120. The third-order valence-electron chi connectivity index (χ3n) is 2.46. The molecule has 0 aliphatic heterocycles. The minimum absolute atomic E-state index is 0.764. The summed E-state index contributed by atoms with van der Waals surface area (Å²) in [4.78, 5) is 0. The molecule has 66 valence electrons. The van der Waals surface area contributed by atoms with Crippen molar-refractivity contribution in [3.63, 3.8) is 0 Å². The predicted octanol–water partition coefficient (Wildman–Crippen LogP) is 4.02. The molecule has 0 saturated heterocycles. The molecular weight excluding hydrogens is 132 g/mol. The highest BCUT2D eigenvalue weighted by Gasteiger charge is 2.09. The largest absolute Gasteiger partial charge is 0.0853 e. The molecule has 0 amide bonds. The SMILES string of the molecule is CCC=C(CC)C(C)C(C)C. The molecule has 0 aliphatic rings. The maximum absolute atomic E-state index is 2.38. The van der Waals surface area contributed by atoms with Crippen molar-refractivity contribution in [2.45, 2.75) is 47.5 Å². The molecule has 0 heteroatoms. The van der Waals surface area contributed by atoms with Gasteiger partial charge >= 0.3 is 0 Å². The van der Waals surface area contributed by atoms with Crippen LogP contribution in [0.5, 0.6) is 0 Å². The van der Waals surface area contributed by atoms with E-state index >= 15 is 0 Å². The van der Waals surface area contributed by atoms with Gasteiger partial charge in [-0.3, -0.25) is 0 Å². The molecule has 0 rings (SSSR count). The van der Waals surface area contributed by atoms with Crippen molar-refractivity contribution in [1.82, 2.24) is 0 Å². The highest BCUT2D eigenvalue weighted by atomic mass is 14.1. The normalized spacial score (nSPS) is 15.6. The minimum Gasteiger partial charge on any atom is -0.0853 e. The van der Waals surface area contributed by atoms with Crippen molar-refractivity contribution in [1.29, 1.82) is 0 Å². The van der Waals surface area contributed by atoms with E-state index in [-0.39, 0.29) is 0 Å². The van der Waals surface area contributed by atoms with E-state index in [0.29, 0.717) is 0 Å². The molecule has 1 unspecified atom stereocenters. The lowest BCUT2D eigenvalue weighted by Crippen LogP contribution is -2.06. The third-order valence-corrected chi connectivity index (χ3v) is 2.46. The van der Waals surface area contributed by atoms with Crippen LogP contribution >= 0.6 is 0 Å². The van der Waals surface area contributed by atoms with E-state index in [4.69, 9.17) is 0 Å². The van der Waals surface area contributed by atoms with Crippen LogP contribution in [-0.2, 0) is 0 Å². The summed E-state index contributed by atoms with van der Waals surface area (Å²) in [5.41, 5.74) is 1.63. The molecule has 11 heavy (non-hydrogen) atoms. The molecule has 0 aromatic rings. The Morgan fingerprint density at radius 3 is 2.00 bits per heavy atom. The molecule has 0 aromatic heterocycles. The fraction of sp³-hybridized carbons (Fsp3) is 0.818. The van der Waals surface area contributed by atoms with Crippen LogP contribution in [0, 0.1) is 11.8 Å². The van der Waals surface area contributed by atoms with Gasteiger partial charge in [-0.2, -0.15) is 0 Å². The van der Waals surface area contributed by atoms with Gasteiger partial charge in [0.15, 0.2) is 0 Å². The second-order valence-corrected chi connectivity index (χ2v) is 3.57. The van der Waals surface area contributed by atoms with Gasteiger partial charge in [0, 0.05) is 0 Å². The van der Waals surface area contributed by atoms with Crippen LogP contribution in [0.2, 0.25) is 0 Å². The van der Waals surface area contributed by atoms with E-state index in [0.717, 1.165) is 11.8 Å². The summed E-state index contributed by atoms with van der Waals surface area (Å²) in [6, 6.07) is 0. The molecule has 0 nitrogen and oxygen atoms in total. The van der Waals surface area contributed by atoms with Crippen LogP contribution in [0.1, 0.15) is 47.5 Å². The van der Waals surface area contributed by atoms with Crippen LogP contribution < -0.4 is 0 Å². The Labute approximate surface area is 71.7 Å². The van der Waals surface area contributed by atoms with Crippen LogP contribution in [0.25, 0.3) is 0 Å². The van der Waals surface area contributed by atoms with Crippen LogP contribution in [-0.4, -0.2) is 0 Å². The average molecular weight is 154 g/mol. The molecule has 0 N–H and O–H groups in total. The Morgan fingerprint density at radius 2 is 1.73 bits per heavy atom. The standard InChI is InChI=1S/C11H22/c1-6-8-11(7-2)10(5)9(3)4/h8-10H,6-7H2,1-5H3. The number of allylic oxidation sites excluding steroid dienone is 2. The molecule has 0 heterocycles. The first kappa shape index (κ1) is 10.7. The fourth-order valence-corrected chi connectivity index (χ4v) is 1.34. The van der Waals surface area contributed by atoms with E-state index in [1.807, 2.05) is 0 Å². The average Bonchev–Trinajstić information content (AvgIpc) is 1.98. The van der Waals surface area contributed by atoms with Gasteiger partial charge < -0.3 is 0 Å². The van der Waals surface area contributed by atoms with Gasteiger partial charge in [0.05, 0.1) is 0 Å². The molecule has 0 fully saturated rings. The van der Waals surface area contributed by atoms with Crippen molar-refractivity contribution in [2.24, 2.45) is 11.8 Å². The molecule has 0 radical (unpaired) electrons. The minimum atomic E-state index is 0.764. The molecule has 0 aromatic carbocycles. The van der Waals surface area contributed by atoms with Crippen molar-refractivity contribution in [3.05, 3.63) is 11.6 Å². The Kier molecular flexibility index (Phi) is 5.27. The summed E-state index contributed by atoms with van der Waals surface area (Å²) in [5.74, 6) is 1.55. The van der Waals surface area contributed by atoms with Gasteiger partial charge in [0.2, 0.25) is 0 Å². The fourth-order valence-electron chi connectivity index (χ4n) is 1.34. The van der Waals surface area contributed by atoms with Crippen LogP contribution in [0.3, 0.4) is 0 Å². The van der Waals surface area contributed by atoms with Gasteiger partial charge in [0.1, 0.15) is 0 Å². The van der Waals surface area contributed by atoms with Gasteiger partial charge in [-0.15, -0.1) is 0 Å². The highest BCUT2D eigenvalue weighted by molar-refractivity contribution is 5.05. The zero-order chi connectivity index (χ0) is 8.85. The summed E-state index contributed by atoms with van der Waals surface area (Å²) in [5, 5.41) is 0. The summed E-state index contributed by atoms with van der Waals surface area (Å²) in [7, 11) is 0. The maximum atomic E-state index is 2.38. The van der Waals surface area contributed by atoms with Crippen LogP contribution in [0.4, 0.5) is 0 Å². The van der Waals surface area contributed by atoms with E-state index in [2.05, 4.69) is 40.7 Å². The molecule has 0 saturated carbocycles. The van der Waals surface area contributed by atoms with E-state index < -0.39 is 0 Å². The second-order valence-electron chi connectivity index (χ2n) is 3.57. The Hall–Kier alpha value is -0.260. The smallest absolute Gasteiger partial charge is 0.0209 e. The van der Waals surface area contributed by atoms with Crippen LogP contribution in [0.15, 0.2) is 11.6 Å². The molecule has 0 spiro atoms. The lowest BCUT2D eigenvalue weighted by Gasteiger charge is -2.18. The summed E-state index contributed by atoms with van der Waals surface area (Å²) in [6.07, 6.45) is 4.78. The predicted molar refractivity (Wildman–Crippen MR) is 52.7 cm³/mol. The topological polar surface area (TPSA) is 0 Å². The number of hydrogen-bond donors (Lipinski definition) is 0. The summed E-state index contributed by atoms with van der Waals surface area (Å²) in [6.45, 7) is 11.4. The first-order chi connectivity index (χ1) is 5.13. The highest BCUT2D eigenvalue weighted by Crippen LogP contribution is 2.22. The quantitative estimate of drug-likeness (QED) is 0.536. The first-order valence-electron chi connectivity index (χ1n) is 4.82. The summed E-state index contributed by atoms with van der Waals surface area (Å²) >= 11 is 0.